The van der Waals surface area contributed by atoms with Crippen molar-refractivity contribution in [3.05, 3.63) is 99.9 Å². The number of ether oxygens (including phenoxy) is 1. The Labute approximate surface area is 191 Å². The van der Waals surface area contributed by atoms with Crippen LogP contribution in [0.25, 0.3) is 0 Å². The van der Waals surface area contributed by atoms with Crippen LogP contribution in [0.1, 0.15) is 22.5 Å². The largest absolute Gasteiger partial charge is 0.439 e. The second kappa shape index (κ2) is 9.46. The van der Waals surface area contributed by atoms with Crippen molar-refractivity contribution in [1.82, 2.24) is 24.3 Å². The SMILES string of the molecule is Cn1cc(Cn2cc(F)c(CCc3ccc(Oc4cccc(C(F)(F)F)n4)cc3)nc2=O)cn1. The highest BCUT2D eigenvalue weighted by Gasteiger charge is 2.32. The Morgan fingerprint density at radius 1 is 0.971 bits per heavy atom. The molecule has 0 aliphatic carbocycles. The molecule has 0 spiro atoms. The normalized spacial score (nSPS) is 11.6. The van der Waals surface area contributed by atoms with E-state index in [2.05, 4.69) is 15.1 Å². The van der Waals surface area contributed by atoms with Gasteiger partial charge in [0, 0.05) is 31.1 Å². The van der Waals surface area contributed by atoms with Crippen LogP contribution in [-0.4, -0.2) is 24.3 Å². The van der Waals surface area contributed by atoms with Crippen molar-refractivity contribution in [2.75, 3.05) is 0 Å². The summed E-state index contributed by atoms with van der Waals surface area (Å²) in [5, 5.41) is 4.02. The fourth-order valence-corrected chi connectivity index (χ4v) is 3.28. The first-order valence-corrected chi connectivity index (χ1v) is 10.2. The van der Waals surface area contributed by atoms with E-state index in [9.17, 15) is 22.4 Å². The van der Waals surface area contributed by atoms with Gasteiger partial charge < -0.3 is 4.74 Å². The summed E-state index contributed by atoms with van der Waals surface area (Å²) in [6.07, 6.45) is 0.494. The number of aryl methyl sites for hydroxylation is 3. The van der Waals surface area contributed by atoms with Crippen LogP contribution < -0.4 is 10.4 Å². The number of aromatic nitrogens is 5. The highest BCUT2D eigenvalue weighted by atomic mass is 19.4. The number of hydrogen-bond acceptors (Lipinski definition) is 5. The van der Waals surface area contributed by atoms with Gasteiger partial charge in [-0.2, -0.15) is 23.3 Å². The first-order valence-electron chi connectivity index (χ1n) is 10.2. The second-order valence-electron chi connectivity index (χ2n) is 7.57. The fraction of sp³-hybridized carbons (Fsp3) is 0.217. The van der Waals surface area contributed by atoms with Gasteiger partial charge in [0.25, 0.3) is 0 Å². The van der Waals surface area contributed by atoms with Crippen LogP contribution in [0.5, 0.6) is 11.6 Å². The Balaban J connectivity index is 1.39. The lowest BCUT2D eigenvalue weighted by atomic mass is 10.1. The molecule has 176 valence electrons. The Bertz CT molecular complexity index is 1350. The first kappa shape index (κ1) is 23.1. The van der Waals surface area contributed by atoms with Gasteiger partial charge in [0.1, 0.15) is 11.4 Å². The predicted molar refractivity (Wildman–Crippen MR) is 114 cm³/mol. The molecule has 0 bridgehead atoms. The average molecular weight is 473 g/mol. The summed E-state index contributed by atoms with van der Waals surface area (Å²) < 4.78 is 61.0. The van der Waals surface area contributed by atoms with Crippen LogP contribution in [0.4, 0.5) is 17.6 Å². The molecule has 0 aliphatic rings. The molecule has 3 heterocycles. The van der Waals surface area contributed by atoms with Crippen LogP contribution >= 0.6 is 0 Å². The van der Waals surface area contributed by atoms with E-state index in [-0.39, 0.29) is 24.5 Å². The van der Waals surface area contributed by atoms with Crippen molar-refractivity contribution in [3.63, 3.8) is 0 Å². The van der Waals surface area contributed by atoms with Gasteiger partial charge in [0.15, 0.2) is 5.82 Å². The van der Waals surface area contributed by atoms with Crippen LogP contribution in [0.2, 0.25) is 0 Å². The van der Waals surface area contributed by atoms with E-state index in [4.69, 9.17) is 4.74 Å². The van der Waals surface area contributed by atoms with Gasteiger partial charge in [-0.3, -0.25) is 9.25 Å². The Morgan fingerprint density at radius 3 is 2.41 bits per heavy atom. The minimum Gasteiger partial charge on any atom is -0.439 e. The summed E-state index contributed by atoms with van der Waals surface area (Å²) in [7, 11) is 1.75. The Morgan fingerprint density at radius 2 is 1.74 bits per heavy atom. The number of hydrogen-bond donors (Lipinski definition) is 0. The maximum Gasteiger partial charge on any atom is 0.433 e. The van der Waals surface area contributed by atoms with Crippen molar-refractivity contribution in [1.29, 1.82) is 0 Å². The van der Waals surface area contributed by atoms with Gasteiger partial charge in [-0.15, -0.1) is 0 Å². The first-order chi connectivity index (χ1) is 16.2. The van der Waals surface area contributed by atoms with E-state index in [0.717, 1.165) is 23.4 Å². The van der Waals surface area contributed by atoms with Crippen molar-refractivity contribution >= 4 is 0 Å². The number of benzene rings is 1. The number of nitrogens with zero attached hydrogens (tertiary/aromatic N) is 5. The van der Waals surface area contributed by atoms with Gasteiger partial charge in [-0.25, -0.2) is 14.2 Å². The molecule has 0 amide bonds. The second-order valence-corrected chi connectivity index (χ2v) is 7.57. The van der Waals surface area contributed by atoms with Gasteiger partial charge in [-0.05, 0) is 36.6 Å². The minimum absolute atomic E-state index is 0.0564. The lowest BCUT2D eigenvalue weighted by Crippen LogP contribution is -2.25. The van der Waals surface area contributed by atoms with E-state index in [0.29, 0.717) is 12.2 Å². The molecule has 0 saturated heterocycles. The summed E-state index contributed by atoms with van der Waals surface area (Å²) in [5.74, 6) is -0.461. The quantitative estimate of drug-likeness (QED) is 0.377. The van der Waals surface area contributed by atoms with E-state index in [1.54, 1.807) is 48.4 Å². The summed E-state index contributed by atoms with van der Waals surface area (Å²) in [5.41, 5.74) is 0.0169. The molecule has 0 fully saturated rings. The molecular weight excluding hydrogens is 454 g/mol. The van der Waals surface area contributed by atoms with Gasteiger partial charge >= 0.3 is 11.9 Å². The van der Waals surface area contributed by atoms with Crippen LogP contribution in [0.15, 0.2) is 65.8 Å². The summed E-state index contributed by atoms with van der Waals surface area (Å²) in [6.45, 7) is 0.166. The lowest BCUT2D eigenvalue weighted by Gasteiger charge is -2.09. The zero-order valence-corrected chi connectivity index (χ0v) is 18.0. The molecule has 0 radical (unpaired) electrons. The lowest BCUT2D eigenvalue weighted by molar-refractivity contribution is -0.141. The highest BCUT2D eigenvalue weighted by molar-refractivity contribution is 5.31. The van der Waals surface area contributed by atoms with Gasteiger partial charge in [-0.1, -0.05) is 18.2 Å². The molecule has 34 heavy (non-hydrogen) atoms. The van der Waals surface area contributed by atoms with Crippen molar-refractivity contribution in [3.8, 4) is 11.6 Å². The number of alkyl halides is 3. The molecule has 4 rings (SSSR count). The predicted octanol–water partition coefficient (Wildman–Crippen LogP) is 4.16. The average Bonchev–Trinajstić information content (AvgIpc) is 3.20. The summed E-state index contributed by atoms with van der Waals surface area (Å²) in [6, 6.07) is 9.95. The van der Waals surface area contributed by atoms with Crippen LogP contribution in [0.3, 0.4) is 0 Å². The molecule has 0 atom stereocenters. The monoisotopic (exact) mass is 473 g/mol. The van der Waals surface area contributed by atoms with E-state index < -0.39 is 23.4 Å². The van der Waals surface area contributed by atoms with Gasteiger partial charge in [0.2, 0.25) is 5.88 Å². The number of pyridine rings is 1. The maximum atomic E-state index is 14.5. The molecule has 1 aromatic carbocycles. The molecule has 4 aromatic rings. The maximum absolute atomic E-state index is 14.5. The highest BCUT2D eigenvalue weighted by Crippen LogP contribution is 2.29. The fourth-order valence-electron chi connectivity index (χ4n) is 3.28. The smallest absolute Gasteiger partial charge is 0.433 e. The summed E-state index contributed by atoms with van der Waals surface area (Å²) in [4.78, 5) is 19.6. The molecule has 11 heteroatoms. The number of rotatable bonds is 7. The third-order valence-electron chi connectivity index (χ3n) is 4.94. The van der Waals surface area contributed by atoms with Crippen molar-refractivity contribution < 1.29 is 22.3 Å². The van der Waals surface area contributed by atoms with Crippen LogP contribution in [-0.2, 0) is 32.6 Å². The molecule has 0 unspecified atom stereocenters. The molecule has 7 nitrogen and oxygen atoms in total. The van der Waals surface area contributed by atoms with Gasteiger partial charge in [0.05, 0.1) is 18.4 Å². The Hall–Kier alpha value is -4.02. The standard InChI is InChI=1S/C23H19F4N5O2/c1-31-12-16(11-28-31)13-32-14-18(24)19(29-22(32)33)10-7-15-5-8-17(9-6-15)34-21-4-2-3-20(30-21)23(25,26)27/h2-6,8-9,11-12,14H,7,10,13H2,1H3. The van der Waals surface area contributed by atoms with Crippen molar-refractivity contribution in [2.45, 2.75) is 25.6 Å². The minimum atomic E-state index is -4.56. The Kier molecular flexibility index (Phi) is 6.44. The third kappa shape index (κ3) is 5.66. The van der Waals surface area contributed by atoms with Crippen LogP contribution in [0, 0.1) is 5.82 Å². The van der Waals surface area contributed by atoms with E-state index >= 15 is 0 Å². The third-order valence-corrected chi connectivity index (χ3v) is 4.94. The van der Waals surface area contributed by atoms with E-state index in [1.165, 1.54) is 16.7 Å². The molecule has 3 aromatic heterocycles. The zero-order valence-electron chi connectivity index (χ0n) is 18.0. The number of halogens is 4. The molecular formula is C23H19F4N5O2. The molecule has 0 N–H and O–H groups in total. The summed E-state index contributed by atoms with van der Waals surface area (Å²) >= 11 is 0. The topological polar surface area (TPSA) is 74.8 Å². The van der Waals surface area contributed by atoms with Crippen molar-refractivity contribution in [2.24, 2.45) is 7.05 Å². The molecule has 0 saturated carbocycles. The molecule has 0 aliphatic heterocycles. The van der Waals surface area contributed by atoms with E-state index in [1.807, 2.05) is 0 Å². The zero-order chi connectivity index (χ0) is 24.3.